The fourth-order valence-corrected chi connectivity index (χ4v) is 5.81. The van der Waals surface area contributed by atoms with Gasteiger partial charge in [0.1, 0.15) is 5.75 Å². The van der Waals surface area contributed by atoms with Crippen molar-refractivity contribution in [3.8, 4) is 5.75 Å². The Hall–Kier alpha value is -3.16. The van der Waals surface area contributed by atoms with Gasteiger partial charge in [0, 0.05) is 17.5 Å². The highest BCUT2D eigenvalue weighted by atomic mass is 32.2. The molecule has 0 spiro atoms. The van der Waals surface area contributed by atoms with E-state index in [1.807, 2.05) is 51.1 Å². The van der Waals surface area contributed by atoms with Crippen LogP contribution in [0, 0.1) is 20.8 Å². The van der Waals surface area contributed by atoms with E-state index in [4.69, 9.17) is 0 Å². The summed E-state index contributed by atoms with van der Waals surface area (Å²) in [5, 5.41) is 12.7. The first-order valence-corrected chi connectivity index (χ1v) is 12.3. The molecule has 0 bridgehead atoms. The summed E-state index contributed by atoms with van der Waals surface area (Å²) in [5.41, 5.74) is 6.52. The molecule has 4 aromatic rings. The molecule has 0 saturated carbocycles. The number of thioether (sulfide) groups is 1. The number of thiazole rings is 1. The van der Waals surface area contributed by atoms with Crippen LogP contribution in [0.4, 0.5) is 11.4 Å². The van der Waals surface area contributed by atoms with Crippen LogP contribution >= 0.6 is 23.1 Å². The second-order valence-corrected chi connectivity index (χ2v) is 10.6. The lowest BCUT2D eigenvalue weighted by molar-refractivity contribution is -0.115. The van der Waals surface area contributed by atoms with Crippen molar-refractivity contribution in [3.63, 3.8) is 0 Å². The molecule has 1 atom stereocenters. The molecule has 0 saturated heterocycles. The van der Waals surface area contributed by atoms with Crippen LogP contribution in [0.3, 0.4) is 0 Å². The predicted molar refractivity (Wildman–Crippen MR) is 140 cm³/mol. The molecule has 168 valence electrons. The molecule has 1 amide bonds. The van der Waals surface area contributed by atoms with Gasteiger partial charge < -0.3 is 10.4 Å². The zero-order chi connectivity index (χ0) is 23.5. The number of hydrogen-bond acceptors (Lipinski definition) is 6. The summed E-state index contributed by atoms with van der Waals surface area (Å²) in [6, 6.07) is 17.0. The van der Waals surface area contributed by atoms with Crippen LogP contribution in [-0.4, -0.2) is 27.5 Å². The fourth-order valence-electron chi connectivity index (χ4n) is 3.57. The number of aromatic nitrogens is 1. The minimum atomic E-state index is -0.288. The van der Waals surface area contributed by atoms with Gasteiger partial charge >= 0.3 is 0 Å². The number of para-hydroxylation sites is 1. The summed E-state index contributed by atoms with van der Waals surface area (Å²) in [4.78, 5) is 22.0. The summed E-state index contributed by atoms with van der Waals surface area (Å²) in [5.74, 6) is 0.157. The first kappa shape index (κ1) is 23.0. The number of rotatable bonds is 6. The Kier molecular flexibility index (Phi) is 6.81. The molecule has 1 heterocycles. The van der Waals surface area contributed by atoms with Crippen molar-refractivity contribution in [2.24, 2.45) is 4.99 Å². The molecule has 0 aliphatic carbocycles. The summed E-state index contributed by atoms with van der Waals surface area (Å²) in [6.45, 7) is 7.98. The van der Waals surface area contributed by atoms with Crippen LogP contribution < -0.4 is 5.32 Å². The second kappa shape index (κ2) is 9.77. The van der Waals surface area contributed by atoms with Gasteiger partial charge in [-0.15, -0.1) is 11.3 Å². The maximum atomic E-state index is 12.8. The molecular weight excluding hydrogens is 450 g/mol. The number of phenolic OH excluding ortho intramolecular Hbond substituents is 1. The van der Waals surface area contributed by atoms with E-state index < -0.39 is 0 Å². The Morgan fingerprint density at radius 1 is 1.12 bits per heavy atom. The number of nitrogens with one attached hydrogen (secondary N) is 1. The van der Waals surface area contributed by atoms with Crippen LogP contribution in [0.2, 0.25) is 0 Å². The molecule has 0 aliphatic rings. The molecule has 5 nitrogen and oxygen atoms in total. The molecule has 3 aromatic carbocycles. The van der Waals surface area contributed by atoms with E-state index in [0.717, 1.165) is 37.1 Å². The number of nitrogens with zero attached hydrogens (tertiary/aromatic N) is 2. The minimum absolute atomic E-state index is 0.0396. The average Bonchev–Trinajstić information content (AvgIpc) is 3.17. The van der Waals surface area contributed by atoms with Gasteiger partial charge in [-0.05, 0) is 69.2 Å². The van der Waals surface area contributed by atoms with E-state index in [0.29, 0.717) is 5.56 Å². The lowest BCUT2D eigenvalue weighted by Crippen LogP contribution is -2.23. The predicted octanol–water partition coefficient (Wildman–Crippen LogP) is 6.80. The lowest BCUT2D eigenvalue weighted by atomic mass is 10.1. The van der Waals surface area contributed by atoms with Gasteiger partial charge in [-0.2, -0.15) is 0 Å². The Morgan fingerprint density at radius 3 is 2.58 bits per heavy atom. The average molecular weight is 476 g/mol. The molecule has 4 rings (SSSR count). The SMILES string of the molecule is Cc1cc(C)c(NC(=O)C(C)Sc2nc3ccc(N=Cc4ccccc4O)cc3s2)c(C)c1. The molecule has 0 aliphatic heterocycles. The first-order valence-electron chi connectivity index (χ1n) is 10.6. The lowest BCUT2D eigenvalue weighted by Gasteiger charge is -2.15. The van der Waals surface area contributed by atoms with Crippen molar-refractivity contribution >= 4 is 56.8 Å². The van der Waals surface area contributed by atoms with Crippen LogP contribution in [0.15, 0.2) is 63.9 Å². The maximum Gasteiger partial charge on any atom is 0.237 e. The highest BCUT2D eigenvalue weighted by Crippen LogP contribution is 2.34. The smallest absolute Gasteiger partial charge is 0.237 e. The van der Waals surface area contributed by atoms with Gasteiger partial charge in [0.15, 0.2) is 4.34 Å². The van der Waals surface area contributed by atoms with Crippen LogP contribution in [0.5, 0.6) is 5.75 Å². The number of phenols is 1. The third-order valence-corrected chi connectivity index (χ3v) is 7.43. The van der Waals surface area contributed by atoms with Crippen molar-refractivity contribution in [1.29, 1.82) is 0 Å². The normalized spacial score (nSPS) is 12.4. The number of aromatic hydroxyl groups is 1. The number of anilines is 1. The number of carbonyl (C=O) groups is 1. The number of hydrogen-bond donors (Lipinski definition) is 2. The van der Waals surface area contributed by atoms with E-state index in [-0.39, 0.29) is 16.9 Å². The largest absolute Gasteiger partial charge is 0.507 e. The van der Waals surface area contributed by atoms with E-state index >= 15 is 0 Å². The van der Waals surface area contributed by atoms with Crippen LogP contribution in [0.25, 0.3) is 10.2 Å². The molecule has 1 aromatic heterocycles. The quantitative estimate of drug-likeness (QED) is 0.238. The molecule has 2 N–H and O–H groups in total. The summed E-state index contributed by atoms with van der Waals surface area (Å²) >= 11 is 3.00. The number of carbonyl (C=O) groups excluding carboxylic acids is 1. The van der Waals surface area contributed by atoms with Gasteiger partial charge in [-0.25, -0.2) is 4.98 Å². The molecule has 7 heteroatoms. The molecule has 33 heavy (non-hydrogen) atoms. The molecular formula is C26H25N3O2S2. The Labute approximate surface area is 201 Å². The van der Waals surface area contributed by atoms with E-state index in [2.05, 4.69) is 34.3 Å². The van der Waals surface area contributed by atoms with Crippen molar-refractivity contribution in [3.05, 3.63) is 76.9 Å². The minimum Gasteiger partial charge on any atom is -0.507 e. The highest BCUT2D eigenvalue weighted by molar-refractivity contribution is 8.02. The van der Waals surface area contributed by atoms with Crippen LogP contribution in [0.1, 0.15) is 29.2 Å². The zero-order valence-electron chi connectivity index (χ0n) is 18.9. The number of aliphatic imine (C=N–C) groups is 1. The fraction of sp³-hybridized carbons (Fsp3) is 0.192. The van der Waals surface area contributed by atoms with E-state index in [1.165, 1.54) is 17.3 Å². The molecule has 0 radical (unpaired) electrons. The van der Waals surface area contributed by atoms with E-state index in [9.17, 15) is 9.90 Å². The van der Waals surface area contributed by atoms with Crippen molar-refractivity contribution in [2.45, 2.75) is 37.3 Å². The second-order valence-electron chi connectivity index (χ2n) is 7.97. The summed E-state index contributed by atoms with van der Waals surface area (Å²) in [7, 11) is 0. The zero-order valence-corrected chi connectivity index (χ0v) is 20.6. The number of fused-ring (bicyclic) bond motifs is 1. The van der Waals surface area contributed by atoms with Crippen molar-refractivity contribution < 1.29 is 9.90 Å². The van der Waals surface area contributed by atoms with Gasteiger partial charge in [0.2, 0.25) is 5.91 Å². The van der Waals surface area contributed by atoms with Gasteiger partial charge in [0.25, 0.3) is 0 Å². The number of amides is 1. The highest BCUT2D eigenvalue weighted by Gasteiger charge is 2.18. The number of aryl methyl sites for hydroxylation is 3. The Bertz CT molecular complexity index is 1340. The van der Waals surface area contributed by atoms with Crippen LogP contribution in [-0.2, 0) is 4.79 Å². The number of benzene rings is 3. The maximum absolute atomic E-state index is 12.8. The molecule has 0 fully saturated rings. The topological polar surface area (TPSA) is 74.6 Å². The van der Waals surface area contributed by atoms with Crippen molar-refractivity contribution in [2.75, 3.05) is 5.32 Å². The standard InChI is InChI=1S/C26H25N3O2S2/c1-15-11-16(2)24(17(3)12-15)29-25(31)18(4)32-26-28-21-10-9-20(13-23(21)33-26)27-14-19-7-5-6-8-22(19)30/h5-14,18,30H,1-4H3,(H,29,31). The third-order valence-electron chi connectivity index (χ3n) is 5.21. The third kappa shape index (κ3) is 5.43. The van der Waals surface area contributed by atoms with Gasteiger partial charge in [-0.3, -0.25) is 9.79 Å². The van der Waals surface area contributed by atoms with Crippen molar-refractivity contribution in [1.82, 2.24) is 4.98 Å². The summed E-state index contributed by atoms with van der Waals surface area (Å²) in [6.07, 6.45) is 1.65. The first-order chi connectivity index (χ1) is 15.8. The van der Waals surface area contributed by atoms with Gasteiger partial charge in [0.05, 0.1) is 21.2 Å². The Morgan fingerprint density at radius 2 is 1.85 bits per heavy atom. The monoisotopic (exact) mass is 475 g/mol. The summed E-state index contributed by atoms with van der Waals surface area (Å²) < 4.78 is 1.84. The molecule has 1 unspecified atom stereocenters. The van der Waals surface area contributed by atoms with Gasteiger partial charge in [-0.1, -0.05) is 41.6 Å². The van der Waals surface area contributed by atoms with E-state index in [1.54, 1.807) is 29.7 Å². The Balaban J connectivity index is 1.46.